The van der Waals surface area contributed by atoms with Crippen molar-refractivity contribution in [1.29, 1.82) is 0 Å². The minimum Gasteiger partial charge on any atom is -0.489 e. The van der Waals surface area contributed by atoms with Gasteiger partial charge in [-0.1, -0.05) is 0 Å². The highest BCUT2D eigenvalue weighted by atomic mass is 16.5. The minimum atomic E-state index is -1.16. The van der Waals surface area contributed by atoms with E-state index >= 15 is 0 Å². The number of carbonyl (C=O) groups is 1. The first-order chi connectivity index (χ1) is 7.24. The molecule has 0 unspecified atom stereocenters. The van der Waals surface area contributed by atoms with Crippen LogP contribution in [0.5, 0.6) is 5.75 Å². The van der Waals surface area contributed by atoms with E-state index in [1.54, 1.807) is 19.1 Å². The van der Waals surface area contributed by atoms with Gasteiger partial charge < -0.3 is 14.3 Å². The van der Waals surface area contributed by atoms with Crippen molar-refractivity contribution in [1.82, 2.24) is 4.98 Å². The Balaban J connectivity index is 2.68. The SMILES string of the molecule is CCOc1c(C(=O)O)oc2ncccc12. The zero-order valence-electron chi connectivity index (χ0n) is 8.06. The number of ether oxygens (including phenoxy) is 1. The van der Waals surface area contributed by atoms with Gasteiger partial charge in [-0.3, -0.25) is 0 Å². The molecule has 0 aliphatic rings. The Labute approximate surface area is 85.3 Å². The third-order valence-corrected chi connectivity index (χ3v) is 1.90. The number of furan rings is 1. The fraction of sp³-hybridized carbons (Fsp3) is 0.200. The first kappa shape index (κ1) is 9.51. The Bertz CT molecular complexity index is 503. The molecule has 0 amide bonds. The van der Waals surface area contributed by atoms with Gasteiger partial charge in [-0.15, -0.1) is 0 Å². The number of pyridine rings is 1. The normalized spacial score (nSPS) is 10.5. The van der Waals surface area contributed by atoms with Crippen LogP contribution < -0.4 is 4.74 Å². The second kappa shape index (κ2) is 3.61. The lowest BCUT2D eigenvalue weighted by atomic mass is 10.3. The van der Waals surface area contributed by atoms with Gasteiger partial charge in [0.25, 0.3) is 5.76 Å². The van der Waals surface area contributed by atoms with Gasteiger partial charge in [-0.05, 0) is 19.1 Å². The van der Waals surface area contributed by atoms with Crippen molar-refractivity contribution in [2.45, 2.75) is 6.92 Å². The number of nitrogens with zero attached hydrogens (tertiary/aromatic N) is 1. The highest BCUT2D eigenvalue weighted by Gasteiger charge is 2.21. The van der Waals surface area contributed by atoms with Crippen LogP contribution in [0.15, 0.2) is 22.7 Å². The molecular weight excluding hydrogens is 198 g/mol. The molecule has 2 rings (SSSR count). The molecular formula is C10H9NO4. The summed E-state index contributed by atoms with van der Waals surface area (Å²) in [6.07, 6.45) is 1.53. The summed E-state index contributed by atoms with van der Waals surface area (Å²) in [6, 6.07) is 3.41. The molecule has 0 aliphatic heterocycles. The van der Waals surface area contributed by atoms with Crippen LogP contribution in [0.3, 0.4) is 0 Å². The Morgan fingerprint density at radius 3 is 3.13 bits per heavy atom. The first-order valence-electron chi connectivity index (χ1n) is 4.47. The summed E-state index contributed by atoms with van der Waals surface area (Å²) in [5, 5.41) is 9.47. The summed E-state index contributed by atoms with van der Waals surface area (Å²) < 4.78 is 10.3. The fourth-order valence-electron chi connectivity index (χ4n) is 1.34. The number of fused-ring (bicyclic) bond motifs is 1. The molecule has 0 aliphatic carbocycles. The van der Waals surface area contributed by atoms with E-state index in [2.05, 4.69) is 4.98 Å². The summed E-state index contributed by atoms with van der Waals surface area (Å²) in [6.45, 7) is 2.16. The lowest BCUT2D eigenvalue weighted by molar-refractivity contribution is 0.0658. The van der Waals surface area contributed by atoms with Crippen LogP contribution in [0.25, 0.3) is 11.1 Å². The van der Waals surface area contributed by atoms with E-state index in [0.717, 1.165) is 0 Å². The average molecular weight is 207 g/mol. The zero-order valence-corrected chi connectivity index (χ0v) is 8.06. The van der Waals surface area contributed by atoms with E-state index < -0.39 is 5.97 Å². The lowest BCUT2D eigenvalue weighted by Gasteiger charge is -1.99. The van der Waals surface area contributed by atoms with Crippen molar-refractivity contribution in [3.63, 3.8) is 0 Å². The molecule has 0 fully saturated rings. The number of hydrogen-bond donors (Lipinski definition) is 1. The Kier molecular flexibility index (Phi) is 2.29. The molecule has 0 saturated heterocycles. The van der Waals surface area contributed by atoms with Crippen LogP contribution in [-0.4, -0.2) is 22.7 Å². The molecule has 15 heavy (non-hydrogen) atoms. The van der Waals surface area contributed by atoms with Crippen molar-refractivity contribution >= 4 is 17.1 Å². The quantitative estimate of drug-likeness (QED) is 0.832. The van der Waals surface area contributed by atoms with Gasteiger partial charge in [-0.2, -0.15) is 0 Å². The van der Waals surface area contributed by atoms with E-state index in [9.17, 15) is 4.79 Å². The standard InChI is InChI=1S/C10H9NO4/c1-2-14-7-6-4-3-5-11-9(6)15-8(7)10(12)13/h3-5H,2H2,1H3,(H,12,13). The zero-order chi connectivity index (χ0) is 10.8. The summed E-state index contributed by atoms with van der Waals surface area (Å²) in [5.41, 5.74) is 0.276. The molecule has 0 atom stereocenters. The third kappa shape index (κ3) is 1.52. The van der Waals surface area contributed by atoms with Crippen LogP contribution >= 0.6 is 0 Å². The summed E-state index contributed by atoms with van der Waals surface area (Å²) in [5.74, 6) is -1.12. The van der Waals surface area contributed by atoms with Crippen molar-refractivity contribution in [3.05, 3.63) is 24.1 Å². The summed E-state index contributed by atoms with van der Waals surface area (Å²) in [4.78, 5) is 14.8. The maximum absolute atomic E-state index is 10.9. The predicted octanol–water partition coefficient (Wildman–Crippen LogP) is 1.92. The van der Waals surface area contributed by atoms with Crippen LogP contribution in [0.2, 0.25) is 0 Å². The number of carboxylic acid groups (broad SMARTS) is 1. The number of rotatable bonds is 3. The second-order valence-electron chi connectivity index (χ2n) is 2.85. The molecule has 0 spiro atoms. The van der Waals surface area contributed by atoms with Crippen molar-refractivity contribution in [2.75, 3.05) is 6.61 Å². The smallest absolute Gasteiger partial charge is 0.375 e. The van der Waals surface area contributed by atoms with E-state index in [4.69, 9.17) is 14.3 Å². The van der Waals surface area contributed by atoms with Gasteiger partial charge in [0.15, 0.2) is 5.75 Å². The Morgan fingerprint density at radius 2 is 2.47 bits per heavy atom. The summed E-state index contributed by atoms with van der Waals surface area (Å²) >= 11 is 0. The van der Waals surface area contributed by atoms with Gasteiger partial charge >= 0.3 is 5.97 Å². The summed E-state index contributed by atoms with van der Waals surface area (Å²) in [7, 11) is 0. The van der Waals surface area contributed by atoms with Gasteiger partial charge in [0, 0.05) is 6.20 Å². The lowest BCUT2D eigenvalue weighted by Crippen LogP contribution is -1.99. The fourth-order valence-corrected chi connectivity index (χ4v) is 1.34. The molecule has 0 saturated carbocycles. The van der Waals surface area contributed by atoms with E-state index in [1.807, 2.05) is 0 Å². The number of aromatic nitrogens is 1. The Hall–Kier alpha value is -2.04. The molecule has 1 N–H and O–H groups in total. The molecule has 78 valence electrons. The molecule has 5 nitrogen and oxygen atoms in total. The largest absolute Gasteiger partial charge is 0.489 e. The topological polar surface area (TPSA) is 72.6 Å². The highest BCUT2D eigenvalue weighted by molar-refractivity contribution is 5.96. The number of aromatic carboxylic acids is 1. The van der Waals surface area contributed by atoms with Gasteiger partial charge in [0.1, 0.15) is 0 Å². The molecule has 5 heteroatoms. The van der Waals surface area contributed by atoms with Crippen LogP contribution in [0.4, 0.5) is 0 Å². The predicted molar refractivity (Wildman–Crippen MR) is 52.1 cm³/mol. The van der Waals surface area contributed by atoms with Crippen LogP contribution in [0.1, 0.15) is 17.5 Å². The van der Waals surface area contributed by atoms with E-state index in [-0.39, 0.29) is 17.2 Å². The van der Waals surface area contributed by atoms with Gasteiger partial charge in [0.05, 0.1) is 12.0 Å². The number of hydrogen-bond acceptors (Lipinski definition) is 4. The van der Waals surface area contributed by atoms with Crippen molar-refractivity contribution in [2.24, 2.45) is 0 Å². The molecule has 0 radical (unpaired) electrons. The van der Waals surface area contributed by atoms with Crippen LogP contribution in [-0.2, 0) is 0 Å². The monoisotopic (exact) mass is 207 g/mol. The molecule has 2 heterocycles. The van der Waals surface area contributed by atoms with Gasteiger partial charge in [0.2, 0.25) is 5.71 Å². The van der Waals surface area contributed by atoms with Crippen molar-refractivity contribution in [3.8, 4) is 5.75 Å². The maximum Gasteiger partial charge on any atom is 0.375 e. The maximum atomic E-state index is 10.9. The van der Waals surface area contributed by atoms with Gasteiger partial charge in [-0.25, -0.2) is 9.78 Å². The van der Waals surface area contributed by atoms with E-state index in [0.29, 0.717) is 12.0 Å². The minimum absolute atomic E-state index is 0.203. The van der Waals surface area contributed by atoms with E-state index in [1.165, 1.54) is 6.20 Å². The van der Waals surface area contributed by atoms with Crippen molar-refractivity contribution < 1.29 is 19.1 Å². The number of carboxylic acids is 1. The molecule has 2 aromatic heterocycles. The molecule has 0 bridgehead atoms. The van der Waals surface area contributed by atoms with Crippen LogP contribution in [0, 0.1) is 0 Å². The first-order valence-corrected chi connectivity index (χ1v) is 4.47. The average Bonchev–Trinajstić information content (AvgIpc) is 2.58. The Morgan fingerprint density at radius 1 is 1.67 bits per heavy atom. The third-order valence-electron chi connectivity index (χ3n) is 1.90. The molecule has 0 aromatic carbocycles. The highest BCUT2D eigenvalue weighted by Crippen LogP contribution is 2.31. The second-order valence-corrected chi connectivity index (χ2v) is 2.85. The molecule has 2 aromatic rings.